The Labute approximate surface area is 251 Å². The third-order valence-corrected chi connectivity index (χ3v) is 7.62. The molecule has 2 aliphatic heterocycles. The second-order valence-electron chi connectivity index (χ2n) is 12.7. The van der Waals surface area contributed by atoms with E-state index < -0.39 is 65.5 Å². The highest BCUT2D eigenvalue weighted by Gasteiger charge is 2.60. The molecule has 0 radical (unpaired) electrons. The van der Waals surface area contributed by atoms with E-state index >= 15 is 0 Å². The Bertz CT molecular complexity index is 1200. The summed E-state index contributed by atoms with van der Waals surface area (Å²) >= 11 is 1.47. The number of carbonyl (C=O) groups is 3. The van der Waals surface area contributed by atoms with Gasteiger partial charge in [-0.1, -0.05) is 0 Å². The summed E-state index contributed by atoms with van der Waals surface area (Å²) in [5.74, 6) is -0.687. The number of nitrogens with zero attached hydrogens (tertiary/aromatic N) is 2. The molecule has 0 spiro atoms. The Kier molecular flexibility index (Phi) is 10.0. The number of nitrogens with one attached hydrogen (secondary N) is 2. The molecule has 2 amide bonds. The molecule has 234 valence electrons. The number of thioether (sulfide) groups is 1. The number of carbonyl (C=O) groups excluding carboxylic acids is 3. The lowest BCUT2D eigenvalue weighted by molar-refractivity contribution is -0.166. The van der Waals surface area contributed by atoms with E-state index in [2.05, 4.69) is 10.3 Å². The van der Waals surface area contributed by atoms with Gasteiger partial charge in [-0.25, -0.2) is 14.4 Å². The number of fused-ring (bicyclic) bond motifs is 1. The van der Waals surface area contributed by atoms with Gasteiger partial charge in [0.15, 0.2) is 5.79 Å². The highest BCUT2D eigenvalue weighted by Crippen LogP contribution is 2.49. The van der Waals surface area contributed by atoms with Gasteiger partial charge >= 0.3 is 18.2 Å². The minimum Gasteiger partial charge on any atom is -0.467 e. The van der Waals surface area contributed by atoms with E-state index in [1.807, 2.05) is 6.07 Å². The van der Waals surface area contributed by atoms with Crippen LogP contribution in [0.2, 0.25) is 0 Å². The molecule has 14 heteroatoms. The molecule has 3 rings (SSSR count). The predicted molar refractivity (Wildman–Crippen MR) is 155 cm³/mol. The van der Waals surface area contributed by atoms with Crippen LogP contribution in [0.1, 0.15) is 79.1 Å². The number of H-pyrrole nitrogens is 1. The van der Waals surface area contributed by atoms with Gasteiger partial charge in [-0.05, 0) is 67.6 Å². The van der Waals surface area contributed by atoms with Gasteiger partial charge in [-0.15, -0.1) is 0 Å². The lowest BCUT2D eigenvalue weighted by atomic mass is 10.0. The number of amides is 2. The summed E-state index contributed by atoms with van der Waals surface area (Å²) in [4.78, 5) is 42.8. The highest BCUT2D eigenvalue weighted by atomic mass is 32.2. The minimum atomic E-state index is -0.924. The van der Waals surface area contributed by atoms with Crippen molar-refractivity contribution in [3.63, 3.8) is 0 Å². The molecule has 2 aliphatic rings. The molecule has 0 aromatic carbocycles. The third kappa shape index (κ3) is 8.02. The van der Waals surface area contributed by atoms with Gasteiger partial charge in [0, 0.05) is 17.5 Å². The van der Waals surface area contributed by atoms with Crippen LogP contribution in [0.15, 0.2) is 6.20 Å². The first kappa shape index (κ1) is 33.4. The molecule has 2 saturated heterocycles. The van der Waals surface area contributed by atoms with Crippen molar-refractivity contribution in [3.05, 3.63) is 17.5 Å². The Morgan fingerprint density at radius 3 is 2.33 bits per heavy atom. The van der Waals surface area contributed by atoms with Crippen LogP contribution in [0, 0.1) is 11.3 Å². The van der Waals surface area contributed by atoms with Crippen molar-refractivity contribution in [2.75, 3.05) is 24.3 Å². The van der Waals surface area contributed by atoms with Crippen LogP contribution in [-0.2, 0) is 28.5 Å². The van der Waals surface area contributed by atoms with Crippen molar-refractivity contribution in [1.29, 1.82) is 5.26 Å². The largest absolute Gasteiger partial charge is 0.467 e. The molecule has 1 aromatic rings. The van der Waals surface area contributed by atoms with Crippen LogP contribution in [-0.4, -0.2) is 87.9 Å². The molecular weight excluding hydrogens is 566 g/mol. The second-order valence-corrected chi connectivity index (χ2v) is 13.8. The molecular formula is C28H43N5O8S. The zero-order chi connectivity index (χ0) is 31.6. The van der Waals surface area contributed by atoms with E-state index in [9.17, 15) is 19.6 Å². The van der Waals surface area contributed by atoms with Crippen molar-refractivity contribution in [2.24, 2.45) is 0 Å². The van der Waals surface area contributed by atoms with Crippen molar-refractivity contribution >= 4 is 35.6 Å². The fourth-order valence-electron chi connectivity index (χ4n) is 4.98. The Balaban J connectivity index is 1.84. The zero-order valence-electron chi connectivity index (χ0n) is 25.7. The summed E-state index contributed by atoms with van der Waals surface area (Å²) in [5, 5.41) is 12.1. The van der Waals surface area contributed by atoms with E-state index in [-0.39, 0.29) is 17.8 Å². The highest BCUT2D eigenvalue weighted by molar-refractivity contribution is 7.99. The molecule has 13 nitrogen and oxygen atoms in total. The summed E-state index contributed by atoms with van der Waals surface area (Å²) < 4.78 is 28.6. The molecule has 0 bridgehead atoms. The third-order valence-electron chi connectivity index (χ3n) is 6.51. The summed E-state index contributed by atoms with van der Waals surface area (Å²) in [5.41, 5.74) is 5.78. The first-order valence-electron chi connectivity index (χ1n) is 13.8. The van der Waals surface area contributed by atoms with Crippen molar-refractivity contribution < 1.29 is 38.1 Å². The molecule has 0 saturated carbocycles. The molecule has 42 heavy (non-hydrogen) atoms. The number of methoxy groups -OCH3 is 1. The summed E-state index contributed by atoms with van der Waals surface area (Å²) in [6.07, 6.45) is -0.538. The van der Waals surface area contributed by atoms with Crippen LogP contribution in [0.5, 0.6) is 0 Å². The Morgan fingerprint density at radius 2 is 1.79 bits per heavy atom. The summed E-state index contributed by atoms with van der Waals surface area (Å²) in [7, 11) is 1.25. The van der Waals surface area contributed by atoms with Crippen molar-refractivity contribution in [1.82, 2.24) is 15.2 Å². The number of rotatable bonds is 8. The van der Waals surface area contributed by atoms with Crippen molar-refractivity contribution in [2.45, 2.75) is 109 Å². The van der Waals surface area contributed by atoms with Crippen LogP contribution in [0.4, 0.5) is 15.3 Å². The number of alkyl carbamates (subject to hydrolysis) is 1. The standard InChI is InChI=1S/C28H43N5O8S/c1-26(2,3)40-24(35)32-16(23(34)37-9)10-11-42-14-18-21-22(39-28(7,8)38-21)20(15-13-31-17(12-29)19(15)30)33(18)25(36)41-27(4,5)6/h13,16,18,20-22,31H,10-11,14,30H2,1-9H3,(H,32,35). The van der Waals surface area contributed by atoms with Crippen molar-refractivity contribution in [3.8, 4) is 6.07 Å². The Morgan fingerprint density at radius 1 is 1.17 bits per heavy atom. The molecule has 4 N–H and O–H groups in total. The normalized spacial score (nSPS) is 24.0. The van der Waals surface area contributed by atoms with E-state index in [0.717, 1.165) is 0 Å². The molecule has 0 aliphatic carbocycles. The van der Waals surface area contributed by atoms with E-state index in [0.29, 0.717) is 17.1 Å². The van der Waals surface area contributed by atoms with E-state index in [4.69, 9.17) is 29.4 Å². The number of hydrogen-bond donors (Lipinski definition) is 3. The molecule has 1 aromatic heterocycles. The molecule has 3 heterocycles. The SMILES string of the molecule is COC(=O)C(CCSCC1C2OC(C)(C)OC2C(c2c[nH]c(C#N)c2N)N1C(=O)OC(C)(C)C)NC(=O)OC(C)(C)C. The Hall–Kier alpha value is -3.15. The van der Waals surface area contributed by atoms with Crippen LogP contribution >= 0.6 is 11.8 Å². The minimum absolute atomic E-state index is 0.188. The topological polar surface area (TPSA) is 178 Å². The number of nitriles is 1. The van der Waals surface area contributed by atoms with Crippen LogP contribution in [0.25, 0.3) is 0 Å². The van der Waals surface area contributed by atoms with Gasteiger partial charge < -0.3 is 39.7 Å². The fraction of sp³-hybridized carbons (Fsp3) is 0.714. The number of ether oxygens (including phenoxy) is 5. The van der Waals surface area contributed by atoms with E-state index in [1.165, 1.54) is 18.9 Å². The fourth-order valence-corrected chi connectivity index (χ4v) is 6.14. The number of hydrogen-bond acceptors (Lipinski definition) is 11. The van der Waals surface area contributed by atoms with E-state index in [1.54, 1.807) is 66.5 Å². The monoisotopic (exact) mass is 609 g/mol. The molecule has 5 atom stereocenters. The van der Waals surface area contributed by atoms with Crippen LogP contribution < -0.4 is 11.1 Å². The average Bonchev–Trinajstić information content (AvgIpc) is 3.45. The lowest BCUT2D eigenvalue weighted by Crippen LogP contribution is -2.47. The first-order chi connectivity index (χ1) is 19.4. The van der Waals surface area contributed by atoms with Crippen LogP contribution in [0.3, 0.4) is 0 Å². The number of aromatic amines is 1. The zero-order valence-corrected chi connectivity index (χ0v) is 26.5. The number of esters is 1. The molecule has 2 fully saturated rings. The number of likely N-dealkylation sites (tertiary alicyclic amines) is 1. The maximum atomic E-state index is 13.7. The predicted octanol–water partition coefficient (Wildman–Crippen LogP) is 3.84. The quantitative estimate of drug-likeness (QED) is 0.222. The second kappa shape index (κ2) is 12.6. The number of nitrogens with two attached hydrogens (primary N) is 1. The lowest BCUT2D eigenvalue weighted by Gasteiger charge is -2.35. The number of nitrogen functional groups attached to an aromatic ring is 1. The smallest absolute Gasteiger partial charge is 0.411 e. The van der Waals surface area contributed by atoms with Gasteiger partial charge in [0.1, 0.15) is 41.2 Å². The first-order valence-corrected chi connectivity index (χ1v) is 14.9. The maximum absolute atomic E-state index is 13.7. The average molecular weight is 610 g/mol. The van der Waals surface area contributed by atoms with Gasteiger partial charge in [-0.2, -0.15) is 17.0 Å². The van der Waals surface area contributed by atoms with Gasteiger partial charge in [0.25, 0.3) is 0 Å². The summed E-state index contributed by atoms with van der Waals surface area (Å²) in [6, 6.07) is -0.0771. The van der Waals surface area contributed by atoms with Gasteiger partial charge in [-0.3, -0.25) is 4.90 Å². The number of aromatic nitrogens is 1. The summed E-state index contributed by atoms with van der Waals surface area (Å²) in [6.45, 7) is 14.1. The maximum Gasteiger partial charge on any atom is 0.411 e. The van der Waals surface area contributed by atoms with Gasteiger partial charge in [0.2, 0.25) is 0 Å². The molecule has 5 unspecified atom stereocenters. The van der Waals surface area contributed by atoms with Gasteiger partial charge in [0.05, 0.1) is 24.9 Å². The number of anilines is 1.